The minimum atomic E-state index is 0.613. The number of nitrogens with zero attached hydrogens (tertiary/aromatic N) is 4. The molecule has 6 heteroatoms. The van der Waals surface area contributed by atoms with Gasteiger partial charge in [-0.1, -0.05) is 0 Å². The van der Waals surface area contributed by atoms with Crippen LogP contribution >= 0.6 is 0 Å². The van der Waals surface area contributed by atoms with Crippen LogP contribution in [0.25, 0.3) is 11.1 Å². The Labute approximate surface area is 117 Å². The van der Waals surface area contributed by atoms with Crippen LogP contribution in [0.1, 0.15) is 5.69 Å². The van der Waals surface area contributed by atoms with Gasteiger partial charge in [0.1, 0.15) is 5.52 Å². The summed E-state index contributed by atoms with van der Waals surface area (Å²) in [6.07, 6.45) is 3.78. The van der Waals surface area contributed by atoms with E-state index in [0.29, 0.717) is 12.6 Å². The molecule has 0 aliphatic heterocycles. The lowest BCUT2D eigenvalue weighted by Crippen LogP contribution is -2.08. The number of oxazole rings is 1. The van der Waals surface area contributed by atoms with Crippen LogP contribution in [-0.4, -0.2) is 28.6 Å². The van der Waals surface area contributed by atoms with Crippen LogP contribution in [0.15, 0.2) is 35.1 Å². The molecule has 0 fully saturated rings. The van der Waals surface area contributed by atoms with Crippen molar-refractivity contribution >= 4 is 22.8 Å². The number of aromatic nitrogens is 3. The molecule has 2 heterocycles. The summed E-state index contributed by atoms with van der Waals surface area (Å²) in [5, 5.41) is 3.33. The van der Waals surface area contributed by atoms with E-state index in [2.05, 4.69) is 15.3 Å². The summed E-state index contributed by atoms with van der Waals surface area (Å²) >= 11 is 0. The third kappa shape index (κ3) is 2.45. The number of rotatable bonds is 4. The standard InChI is InChI=1S/C14H17N5O/c1-18(2)14-17-12-5-4-10(6-13(12)20-14)15-7-11-8-19(3)9-16-11/h4-6,8-9,15H,7H2,1-3H3. The highest BCUT2D eigenvalue weighted by Gasteiger charge is 2.08. The van der Waals surface area contributed by atoms with Gasteiger partial charge >= 0.3 is 0 Å². The summed E-state index contributed by atoms with van der Waals surface area (Å²) in [5.41, 5.74) is 3.63. The van der Waals surface area contributed by atoms with Gasteiger partial charge in [-0.3, -0.25) is 0 Å². The summed E-state index contributed by atoms with van der Waals surface area (Å²) in [6.45, 7) is 0.682. The average Bonchev–Trinajstić information content (AvgIpc) is 3.01. The van der Waals surface area contributed by atoms with Crippen LogP contribution < -0.4 is 10.2 Å². The Morgan fingerprint density at radius 2 is 2.20 bits per heavy atom. The molecule has 0 aliphatic carbocycles. The van der Waals surface area contributed by atoms with Gasteiger partial charge in [0.25, 0.3) is 6.01 Å². The van der Waals surface area contributed by atoms with E-state index in [9.17, 15) is 0 Å². The molecule has 0 saturated heterocycles. The highest BCUT2D eigenvalue weighted by molar-refractivity contribution is 5.78. The van der Waals surface area contributed by atoms with E-state index in [0.717, 1.165) is 22.5 Å². The second-order valence-corrected chi connectivity index (χ2v) is 4.96. The number of anilines is 2. The fourth-order valence-corrected chi connectivity index (χ4v) is 1.96. The lowest BCUT2D eigenvalue weighted by atomic mass is 10.3. The zero-order chi connectivity index (χ0) is 14.1. The van der Waals surface area contributed by atoms with Crippen LogP contribution in [-0.2, 0) is 13.6 Å². The van der Waals surface area contributed by atoms with Gasteiger partial charge < -0.3 is 19.2 Å². The average molecular weight is 271 g/mol. The highest BCUT2D eigenvalue weighted by atomic mass is 16.4. The zero-order valence-electron chi connectivity index (χ0n) is 11.8. The number of nitrogens with one attached hydrogen (secondary N) is 1. The molecule has 20 heavy (non-hydrogen) atoms. The lowest BCUT2D eigenvalue weighted by molar-refractivity contribution is 0.597. The molecule has 2 aromatic heterocycles. The van der Waals surface area contributed by atoms with Gasteiger partial charge in [0, 0.05) is 39.1 Å². The van der Waals surface area contributed by atoms with Crippen LogP contribution in [0.4, 0.5) is 11.7 Å². The molecule has 0 radical (unpaired) electrons. The Kier molecular flexibility index (Phi) is 3.06. The lowest BCUT2D eigenvalue weighted by Gasteiger charge is -2.04. The maximum atomic E-state index is 5.68. The van der Waals surface area contributed by atoms with Crippen molar-refractivity contribution in [2.45, 2.75) is 6.54 Å². The second kappa shape index (κ2) is 4.88. The van der Waals surface area contributed by atoms with Gasteiger partial charge in [0.2, 0.25) is 0 Å². The van der Waals surface area contributed by atoms with Crippen LogP contribution in [0, 0.1) is 0 Å². The molecular weight excluding hydrogens is 254 g/mol. The smallest absolute Gasteiger partial charge is 0.297 e. The van der Waals surface area contributed by atoms with Crippen molar-refractivity contribution in [3.05, 3.63) is 36.4 Å². The van der Waals surface area contributed by atoms with Crippen molar-refractivity contribution < 1.29 is 4.42 Å². The monoisotopic (exact) mass is 271 g/mol. The molecule has 0 spiro atoms. The summed E-state index contributed by atoms with van der Waals surface area (Å²) in [7, 11) is 5.77. The molecule has 6 nitrogen and oxygen atoms in total. The summed E-state index contributed by atoms with van der Waals surface area (Å²) in [6, 6.07) is 6.51. The zero-order valence-corrected chi connectivity index (χ0v) is 11.8. The first-order chi connectivity index (χ1) is 9.61. The maximum Gasteiger partial charge on any atom is 0.297 e. The van der Waals surface area contributed by atoms with Crippen molar-refractivity contribution in [3.63, 3.8) is 0 Å². The Balaban J connectivity index is 1.78. The van der Waals surface area contributed by atoms with Gasteiger partial charge in [-0.05, 0) is 12.1 Å². The Hall–Kier alpha value is -2.50. The number of benzene rings is 1. The number of aryl methyl sites for hydroxylation is 1. The first-order valence-electron chi connectivity index (χ1n) is 6.40. The number of imidazole rings is 1. The third-order valence-electron chi connectivity index (χ3n) is 2.99. The van der Waals surface area contributed by atoms with Crippen molar-refractivity contribution in [2.24, 2.45) is 7.05 Å². The van der Waals surface area contributed by atoms with Crippen molar-refractivity contribution in [3.8, 4) is 0 Å². The number of hydrogen-bond acceptors (Lipinski definition) is 5. The fourth-order valence-electron chi connectivity index (χ4n) is 1.96. The molecule has 104 valence electrons. The van der Waals surface area contributed by atoms with E-state index in [-0.39, 0.29) is 0 Å². The van der Waals surface area contributed by atoms with Crippen LogP contribution in [0.2, 0.25) is 0 Å². The van der Waals surface area contributed by atoms with Gasteiger partial charge in [-0.25, -0.2) is 4.98 Å². The van der Waals surface area contributed by atoms with Crippen molar-refractivity contribution in [2.75, 3.05) is 24.3 Å². The minimum Gasteiger partial charge on any atom is -0.423 e. The topological polar surface area (TPSA) is 59.1 Å². The molecule has 3 rings (SSSR count). The number of hydrogen-bond donors (Lipinski definition) is 1. The van der Waals surface area contributed by atoms with Crippen molar-refractivity contribution in [1.82, 2.24) is 14.5 Å². The molecule has 3 aromatic rings. The van der Waals surface area contributed by atoms with Crippen LogP contribution in [0.3, 0.4) is 0 Å². The Morgan fingerprint density at radius 1 is 1.35 bits per heavy atom. The van der Waals surface area contributed by atoms with Crippen LogP contribution in [0.5, 0.6) is 0 Å². The second-order valence-electron chi connectivity index (χ2n) is 4.96. The molecule has 0 unspecified atom stereocenters. The first kappa shape index (κ1) is 12.5. The van der Waals surface area contributed by atoms with Gasteiger partial charge in [0.05, 0.1) is 18.6 Å². The number of fused-ring (bicyclic) bond motifs is 1. The van der Waals surface area contributed by atoms with Gasteiger partial charge in [0.15, 0.2) is 5.58 Å². The fraction of sp³-hybridized carbons (Fsp3) is 0.286. The highest BCUT2D eigenvalue weighted by Crippen LogP contribution is 2.23. The van der Waals surface area contributed by atoms with E-state index in [1.807, 2.05) is 55.0 Å². The molecule has 0 amide bonds. The Bertz CT molecular complexity index is 728. The summed E-state index contributed by atoms with van der Waals surface area (Å²) in [5.74, 6) is 0. The SMILES string of the molecule is CN(C)c1nc2ccc(NCc3cn(C)cn3)cc2o1. The molecule has 1 aromatic carbocycles. The van der Waals surface area contributed by atoms with Gasteiger partial charge in [-0.2, -0.15) is 4.98 Å². The van der Waals surface area contributed by atoms with Crippen molar-refractivity contribution in [1.29, 1.82) is 0 Å². The maximum absolute atomic E-state index is 5.68. The largest absolute Gasteiger partial charge is 0.423 e. The predicted octanol–water partition coefficient (Wildman–Crippen LogP) is 2.24. The Morgan fingerprint density at radius 3 is 2.90 bits per heavy atom. The third-order valence-corrected chi connectivity index (χ3v) is 2.99. The molecule has 0 aliphatic rings. The molecular formula is C14H17N5O. The van der Waals surface area contributed by atoms with E-state index < -0.39 is 0 Å². The quantitative estimate of drug-likeness (QED) is 0.788. The predicted molar refractivity (Wildman–Crippen MR) is 78.9 cm³/mol. The molecule has 0 saturated carbocycles. The molecule has 0 bridgehead atoms. The summed E-state index contributed by atoms with van der Waals surface area (Å²) in [4.78, 5) is 10.5. The van der Waals surface area contributed by atoms with E-state index in [1.54, 1.807) is 6.33 Å². The van der Waals surface area contributed by atoms with E-state index in [4.69, 9.17) is 4.42 Å². The van der Waals surface area contributed by atoms with E-state index >= 15 is 0 Å². The summed E-state index contributed by atoms with van der Waals surface area (Å²) < 4.78 is 7.61. The van der Waals surface area contributed by atoms with Gasteiger partial charge in [-0.15, -0.1) is 0 Å². The minimum absolute atomic E-state index is 0.613. The first-order valence-corrected chi connectivity index (χ1v) is 6.40. The normalized spacial score (nSPS) is 10.9. The van der Waals surface area contributed by atoms with E-state index in [1.165, 1.54) is 0 Å². The molecule has 1 N–H and O–H groups in total. The molecule has 0 atom stereocenters.